The fraction of sp³-hybridized carbons (Fsp3) is 0.600. The van der Waals surface area contributed by atoms with Gasteiger partial charge in [-0.05, 0) is 25.0 Å². The predicted molar refractivity (Wildman–Crippen MR) is 108 cm³/mol. The Balaban J connectivity index is 1.81. The number of nitrogens with zero attached hydrogens (tertiary/aromatic N) is 2. The van der Waals surface area contributed by atoms with Crippen molar-refractivity contribution in [1.29, 1.82) is 0 Å². The number of carbonyl (C=O) groups excluding carboxylic acids is 2. The third kappa shape index (κ3) is 6.51. The average Bonchev–Trinajstić information content (AvgIpc) is 2.66. The van der Waals surface area contributed by atoms with Crippen LogP contribution in [0.15, 0.2) is 18.2 Å². The van der Waals surface area contributed by atoms with Crippen molar-refractivity contribution in [3.63, 3.8) is 0 Å². The number of anilines is 2. The second kappa shape index (κ2) is 10.6. The van der Waals surface area contributed by atoms with E-state index in [1.54, 1.807) is 0 Å². The van der Waals surface area contributed by atoms with E-state index in [0.29, 0.717) is 12.8 Å². The number of benzene rings is 1. The van der Waals surface area contributed by atoms with Gasteiger partial charge in [0.2, 0.25) is 5.91 Å². The van der Waals surface area contributed by atoms with Gasteiger partial charge in [0.25, 0.3) is 5.91 Å². The van der Waals surface area contributed by atoms with Gasteiger partial charge in [-0.25, -0.2) is 0 Å². The van der Waals surface area contributed by atoms with Gasteiger partial charge in [0.05, 0.1) is 18.8 Å². The van der Waals surface area contributed by atoms with Crippen molar-refractivity contribution in [3.05, 3.63) is 18.2 Å². The van der Waals surface area contributed by atoms with Gasteiger partial charge in [0, 0.05) is 30.9 Å². The van der Waals surface area contributed by atoms with Crippen LogP contribution in [0, 0.1) is 0 Å². The molecule has 1 aliphatic heterocycles. The molecule has 13 heteroatoms. The molecular weight excluding hydrogens is 455 g/mol. The lowest BCUT2D eigenvalue weighted by Gasteiger charge is -2.41. The molecule has 2 aliphatic rings. The first-order chi connectivity index (χ1) is 15.6. The quantitative estimate of drug-likeness (QED) is 0.527. The van der Waals surface area contributed by atoms with Crippen molar-refractivity contribution in [1.82, 2.24) is 4.90 Å². The molecule has 33 heavy (non-hydrogen) atoms. The Morgan fingerprint density at radius 2 is 2.06 bits per heavy atom. The normalized spacial score (nSPS) is 18.4. The highest BCUT2D eigenvalue weighted by atomic mass is 19.4. The van der Waals surface area contributed by atoms with Crippen LogP contribution < -0.4 is 20.7 Å². The summed E-state index contributed by atoms with van der Waals surface area (Å²) in [6, 6.07) is 2.06. The predicted octanol–water partition coefficient (Wildman–Crippen LogP) is 2.33. The Kier molecular flexibility index (Phi) is 8.08. The van der Waals surface area contributed by atoms with Crippen LogP contribution in [0.3, 0.4) is 0 Å². The molecule has 184 valence electrons. The average molecular weight is 480 g/mol. The highest BCUT2D eigenvalue weighted by Gasteiger charge is 2.41. The molecule has 1 atom stereocenters. The molecule has 0 radical (unpaired) electrons. The fourth-order valence-corrected chi connectivity index (χ4v) is 3.82. The van der Waals surface area contributed by atoms with Crippen LogP contribution >= 0.6 is 0 Å². The Morgan fingerprint density at radius 3 is 2.61 bits per heavy atom. The fourth-order valence-electron chi connectivity index (χ4n) is 3.82. The van der Waals surface area contributed by atoms with E-state index in [-0.39, 0.29) is 43.4 Å². The molecule has 1 aromatic rings. The number of hydrogen-bond acceptors (Lipinski definition) is 6. The smallest absolute Gasteiger partial charge is 0.401 e. The number of ether oxygens (including phenoxy) is 2. The topological polar surface area (TPSA) is 97.1 Å². The lowest BCUT2D eigenvalue weighted by Crippen LogP contribution is -2.57. The van der Waals surface area contributed by atoms with E-state index in [2.05, 4.69) is 10.1 Å². The maximum absolute atomic E-state index is 13.1. The number of nitrogens with two attached hydrogens (primary N) is 1. The molecule has 0 bridgehead atoms. The van der Waals surface area contributed by atoms with E-state index >= 15 is 0 Å². The summed E-state index contributed by atoms with van der Waals surface area (Å²) >= 11 is 0. The lowest BCUT2D eigenvalue weighted by atomic mass is 9.90. The van der Waals surface area contributed by atoms with Crippen LogP contribution in [0.4, 0.5) is 33.3 Å². The SMILES string of the molecule is NC[C@H](C(=O)Nc1ccc(N2CCOCC2=O)c(OC(F)F)c1)N(CC(F)(F)F)C1CCC1. The van der Waals surface area contributed by atoms with Crippen LogP contribution in [-0.4, -0.2) is 74.4 Å². The van der Waals surface area contributed by atoms with Gasteiger partial charge in [-0.1, -0.05) is 6.42 Å². The summed E-state index contributed by atoms with van der Waals surface area (Å²) in [5.74, 6) is -1.62. The lowest BCUT2D eigenvalue weighted by molar-refractivity contribution is -0.162. The van der Waals surface area contributed by atoms with E-state index in [1.165, 1.54) is 17.0 Å². The summed E-state index contributed by atoms with van der Waals surface area (Å²) in [7, 11) is 0. The molecule has 8 nitrogen and oxygen atoms in total. The van der Waals surface area contributed by atoms with Crippen LogP contribution in [0.2, 0.25) is 0 Å². The number of rotatable bonds is 9. The molecule has 1 saturated carbocycles. The summed E-state index contributed by atoms with van der Waals surface area (Å²) in [5, 5.41) is 2.44. The van der Waals surface area contributed by atoms with Gasteiger partial charge in [0.15, 0.2) is 5.75 Å². The summed E-state index contributed by atoms with van der Waals surface area (Å²) in [4.78, 5) is 27.2. The Bertz CT molecular complexity index is 850. The first-order valence-corrected chi connectivity index (χ1v) is 10.4. The van der Waals surface area contributed by atoms with E-state index in [1.807, 2.05) is 0 Å². The zero-order valence-electron chi connectivity index (χ0n) is 17.6. The molecule has 3 rings (SSSR count). The zero-order valence-corrected chi connectivity index (χ0v) is 17.6. The molecule has 3 N–H and O–H groups in total. The van der Waals surface area contributed by atoms with Crippen LogP contribution in [-0.2, 0) is 14.3 Å². The molecule has 1 aliphatic carbocycles. The summed E-state index contributed by atoms with van der Waals surface area (Å²) in [6.45, 7) is -4.76. The minimum absolute atomic E-state index is 0.0131. The first-order valence-electron chi connectivity index (χ1n) is 10.4. The maximum Gasteiger partial charge on any atom is 0.401 e. The Morgan fingerprint density at radius 1 is 1.33 bits per heavy atom. The van der Waals surface area contributed by atoms with E-state index in [4.69, 9.17) is 10.5 Å². The van der Waals surface area contributed by atoms with Gasteiger partial charge < -0.3 is 25.4 Å². The van der Waals surface area contributed by atoms with Gasteiger partial charge in [-0.3, -0.25) is 14.5 Å². The Labute approximate surface area is 186 Å². The van der Waals surface area contributed by atoms with Gasteiger partial charge in [-0.2, -0.15) is 22.0 Å². The van der Waals surface area contributed by atoms with Gasteiger partial charge in [0.1, 0.15) is 12.6 Å². The van der Waals surface area contributed by atoms with Crippen molar-refractivity contribution in [2.75, 3.05) is 43.1 Å². The van der Waals surface area contributed by atoms with E-state index < -0.39 is 43.2 Å². The molecule has 2 fully saturated rings. The summed E-state index contributed by atoms with van der Waals surface area (Å²) in [6.07, 6.45) is -2.72. The molecule has 1 aromatic carbocycles. The molecular formula is C20H25F5N4O4. The molecule has 0 aromatic heterocycles. The third-order valence-corrected chi connectivity index (χ3v) is 5.55. The van der Waals surface area contributed by atoms with E-state index in [9.17, 15) is 31.5 Å². The van der Waals surface area contributed by atoms with Crippen molar-refractivity contribution in [2.45, 2.75) is 44.1 Å². The Hall–Kier alpha value is -2.51. The van der Waals surface area contributed by atoms with Gasteiger partial charge in [-0.15, -0.1) is 0 Å². The molecule has 1 heterocycles. The maximum atomic E-state index is 13.1. The van der Waals surface area contributed by atoms with Gasteiger partial charge >= 0.3 is 12.8 Å². The largest absolute Gasteiger partial charge is 0.433 e. The number of morpholine rings is 1. The molecule has 1 saturated heterocycles. The number of alkyl halides is 5. The second-order valence-corrected chi connectivity index (χ2v) is 7.77. The van der Waals surface area contributed by atoms with Crippen molar-refractivity contribution in [3.8, 4) is 5.75 Å². The van der Waals surface area contributed by atoms with Crippen LogP contribution in [0.1, 0.15) is 19.3 Å². The van der Waals surface area contributed by atoms with E-state index in [0.717, 1.165) is 17.4 Å². The van der Waals surface area contributed by atoms with Crippen molar-refractivity contribution in [2.24, 2.45) is 5.73 Å². The standard InChI is InChI=1S/C20H25F5N4O4/c21-19(22)33-16-8-12(4-5-14(16)28-6-7-32-10-17(28)30)27-18(31)15(9-26)29(11-20(23,24)25)13-2-1-3-13/h4-5,8,13,15,19H,1-3,6-7,9-11,26H2,(H,27,31)/t15-/m1/s1. The number of amides is 2. The minimum Gasteiger partial charge on any atom is -0.433 e. The number of carbonyl (C=O) groups is 2. The third-order valence-electron chi connectivity index (χ3n) is 5.55. The molecule has 2 amide bonds. The van der Waals surface area contributed by atoms with Crippen molar-refractivity contribution < 1.29 is 41.0 Å². The van der Waals surface area contributed by atoms with Crippen LogP contribution in [0.5, 0.6) is 5.75 Å². The highest BCUT2D eigenvalue weighted by molar-refractivity contribution is 5.98. The van der Waals surface area contributed by atoms with Crippen LogP contribution in [0.25, 0.3) is 0 Å². The highest BCUT2D eigenvalue weighted by Crippen LogP contribution is 2.34. The number of nitrogens with one attached hydrogen (secondary N) is 1. The molecule has 0 spiro atoms. The summed E-state index contributed by atoms with van der Waals surface area (Å²) < 4.78 is 74.8. The second-order valence-electron chi connectivity index (χ2n) is 7.77. The number of hydrogen-bond donors (Lipinski definition) is 2. The minimum atomic E-state index is -4.52. The van der Waals surface area contributed by atoms with Crippen molar-refractivity contribution >= 4 is 23.2 Å². The number of halogens is 5. The summed E-state index contributed by atoms with van der Waals surface area (Å²) in [5.41, 5.74) is 5.72. The first kappa shape index (κ1) is 25.1. The zero-order chi connectivity index (χ0) is 24.2. The monoisotopic (exact) mass is 480 g/mol. The molecule has 0 unspecified atom stereocenters.